The molecule has 0 saturated carbocycles. The highest BCUT2D eigenvalue weighted by Gasteiger charge is 2.34. The molecule has 0 aromatic heterocycles. The van der Waals surface area contributed by atoms with Crippen LogP contribution in [-0.2, 0) is 14.4 Å². The minimum atomic E-state index is -0.728. The van der Waals surface area contributed by atoms with Crippen LogP contribution in [0.25, 0.3) is 0 Å². The normalized spacial score (nSPS) is 14.7. The van der Waals surface area contributed by atoms with Gasteiger partial charge in [-0.1, -0.05) is 36.4 Å². The third kappa shape index (κ3) is 5.17. The lowest BCUT2D eigenvalue weighted by Crippen LogP contribution is -2.47. The number of methoxy groups -OCH3 is 1. The monoisotopic (exact) mass is 409 g/mol. The fourth-order valence-corrected chi connectivity index (χ4v) is 3.59. The summed E-state index contributed by atoms with van der Waals surface area (Å²) in [5.74, 6) is -0.00389. The maximum Gasteiger partial charge on any atom is 0.250 e. The van der Waals surface area contributed by atoms with Gasteiger partial charge < -0.3 is 19.9 Å². The van der Waals surface area contributed by atoms with Gasteiger partial charge in [0.2, 0.25) is 17.7 Å². The summed E-state index contributed by atoms with van der Waals surface area (Å²) in [5, 5.41) is 2.78. The lowest BCUT2D eigenvalue weighted by Gasteiger charge is -2.36. The van der Waals surface area contributed by atoms with Gasteiger partial charge in [-0.15, -0.1) is 0 Å². The summed E-state index contributed by atoms with van der Waals surface area (Å²) >= 11 is 0. The molecule has 1 unspecified atom stereocenters. The first kappa shape index (κ1) is 21.4. The van der Waals surface area contributed by atoms with Gasteiger partial charge in [-0.2, -0.15) is 0 Å². The van der Waals surface area contributed by atoms with E-state index in [4.69, 9.17) is 4.74 Å². The second-order valence-corrected chi connectivity index (χ2v) is 7.33. The molecule has 7 nitrogen and oxygen atoms in total. The molecule has 1 N–H and O–H groups in total. The van der Waals surface area contributed by atoms with Crippen LogP contribution >= 0.6 is 0 Å². The summed E-state index contributed by atoms with van der Waals surface area (Å²) < 4.78 is 5.16. The first-order valence-electron chi connectivity index (χ1n) is 10.0. The summed E-state index contributed by atoms with van der Waals surface area (Å²) in [6.45, 7) is 0.412. The minimum Gasteiger partial charge on any atom is -0.497 e. The van der Waals surface area contributed by atoms with Crippen molar-refractivity contribution in [3.63, 3.8) is 0 Å². The molecule has 0 radical (unpaired) electrons. The SMILES string of the molecule is COc1cccc(NC(=O)CN(C)C(=O)C(c2ccccc2)N2CCCCC2=O)c1. The van der Waals surface area contributed by atoms with E-state index in [0.717, 1.165) is 18.4 Å². The molecular weight excluding hydrogens is 382 g/mol. The quantitative estimate of drug-likeness (QED) is 0.763. The van der Waals surface area contributed by atoms with Crippen LogP contribution in [0.4, 0.5) is 5.69 Å². The van der Waals surface area contributed by atoms with Crippen molar-refractivity contribution in [2.75, 3.05) is 32.6 Å². The van der Waals surface area contributed by atoms with Gasteiger partial charge in [0.1, 0.15) is 11.8 Å². The number of likely N-dealkylation sites (N-methyl/N-ethyl adjacent to an activating group) is 1. The molecule has 0 spiro atoms. The zero-order valence-electron chi connectivity index (χ0n) is 17.3. The van der Waals surface area contributed by atoms with Gasteiger partial charge in [-0.3, -0.25) is 14.4 Å². The Kier molecular flexibility index (Phi) is 7.06. The fraction of sp³-hybridized carbons (Fsp3) is 0.348. The molecular formula is C23H27N3O4. The van der Waals surface area contributed by atoms with Crippen molar-refractivity contribution < 1.29 is 19.1 Å². The Morgan fingerprint density at radius 3 is 2.60 bits per heavy atom. The lowest BCUT2D eigenvalue weighted by molar-refractivity contribution is -0.147. The maximum atomic E-state index is 13.3. The number of nitrogens with one attached hydrogen (secondary N) is 1. The van der Waals surface area contributed by atoms with Crippen LogP contribution < -0.4 is 10.1 Å². The molecule has 1 saturated heterocycles. The zero-order chi connectivity index (χ0) is 21.5. The third-order valence-electron chi connectivity index (χ3n) is 5.13. The smallest absolute Gasteiger partial charge is 0.250 e. The van der Waals surface area contributed by atoms with Gasteiger partial charge in [0, 0.05) is 31.8 Å². The number of likely N-dealkylation sites (tertiary alicyclic amines) is 1. The van der Waals surface area contributed by atoms with Crippen LogP contribution in [0.1, 0.15) is 30.9 Å². The Morgan fingerprint density at radius 2 is 1.90 bits per heavy atom. The highest BCUT2D eigenvalue weighted by atomic mass is 16.5. The summed E-state index contributed by atoms with van der Waals surface area (Å²) in [7, 11) is 3.14. The molecule has 7 heteroatoms. The van der Waals surface area contributed by atoms with E-state index in [2.05, 4.69) is 5.32 Å². The summed E-state index contributed by atoms with van der Waals surface area (Å²) in [6, 6.07) is 15.5. The van der Waals surface area contributed by atoms with E-state index in [1.54, 1.807) is 43.3 Å². The highest BCUT2D eigenvalue weighted by molar-refractivity contribution is 5.96. The largest absolute Gasteiger partial charge is 0.497 e. The number of hydrogen-bond donors (Lipinski definition) is 1. The first-order valence-corrected chi connectivity index (χ1v) is 10.0. The van der Waals surface area contributed by atoms with Gasteiger partial charge in [0.05, 0.1) is 13.7 Å². The minimum absolute atomic E-state index is 0.0299. The van der Waals surface area contributed by atoms with Gasteiger partial charge in [-0.25, -0.2) is 0 Å². The van der Waals surface area contributed by atoms with Crippen molar-refractivity contribution >= 4 is 23.4 Å². The Balaban J connectivity index is 1.73. The van der Waals surface area contributed by atoms with Crippen molar-refractivity contribution in [3.05, 3.63) is 60.2 Å². The van der Waals surface area contributed by atoms with Crippen LogP contribution in [0.3, 0.4) is 0 Å². The van der Waals surface area contributed by atoms with E-state index < -0.39 is 6.04 Å². The molecule has 1 fully saturated rings. The number of carbonyl (C=O) groups excluding carboxylic acids is 3. The molecule has 2 aromatic carbocycles. The van der Waals surface area contributed by atoms with Crippen LogP contribution in [0, 0.1) is 0 Å². The number of benzene rings is 2. The van der Waals surface area contributed by atoms with Crippen LogP contribution in [0.2, 0.25) is 0 Å². The molecule has 0 bridgehead atoms. The topological polar surface area (TPSA) is 79.0 Å². The van der Waals surface area contributed by atoms with E-state index >= 15 is 0 Å². The number of nitrogens with zero attached hydrogens (tertiary/aromatic N) is 2. The Bertz CT molecular complexity index is 900. The van der Waals surface area contributed by atoms with E-state index in [1.807, 2.05) is 30.3 Å². The third-order valence-corrected chi connectivity index (χ3v) is 5.13. The molecule has 3 rings (SSSR count). The molecule has 1 atom stereocenters. The van der Waals surface area contributed by atoms with Crippen molar-refractivity contribution in [2.24, 2.45) is 0 Å². The fourth-order valence-electron chi connectivity index (χ4n) is 3.59. The Morgan fingerprint density at radius 1 is 1.13 bits per heavy atom. The molecule has 1 heterocycles. The zero-order valence-corrected chi connectivity index (χ0v) is 17.3. The lowest BCUT2D eigenvalue weighted by atomic mass is 10.00. The number of rotatable bonds is 7. The number of ether oxygens (including phenoxy) is 1. The van der Waals surface area contributed by atoms with Gasteiger partial charge in [0.15, 0.2) is 0 Å². The van der Waals surface area contributed by atoms with Gasteiger partial charge in [-0.05, 0) is 30.5 Å². The Hall–Kier alpha value is -3.35. The predicted octanol–water partition coefficient (Wildman–Crippen LogP) is 2.85. The predicted molar refractivity (Wildman–Crippen MR) is 114 cm³/mol. The van der Waals surface area contributed by atoms with Crippen LogP contribution in [0.15, 0.2) is 54.6 Å². The molecule has 30 heavy (non-hydrogen) atoms. The molecule has 158 valence electrons. The Labute approximate surface area is 176 Å². The second-order valence-electron chi connectivity index (χ2n) is 7.33. The van der Waals surface area contributed by atoms with Crippen molar-refractivity contribution in [1.29, 1.82) is 0 Å². The van der Waals surface area contributed by atoms with E-state index in [9.17, 15) is 14.4 Å². The summed E-state index contributed by atoms with van der Waals surface area (Å²) in [5.41, 5.74) is 1.34. The highest BCUT2D eigenvalue weighted by Crippen LogP contribution is 2.27. The van der Waals surface area contributed by atoms with Crippen LogP contribution in [-0.4, -0.2) is 54.8 Å². The number of hydrogen-bond acceptors (Lipinski definition) is 4. The van der Waals surface area contributed by atoms with Gasteiger partial charge >= 0.3 is 0 Å². The average molecular weight is 409 g/mol. The summed E-state index contributed by atoms with van der Waals surface area (Å²) in [4.78, 5) is 41.3. The molecule has 0 aliphatic carbocycles. The van der Waals surface area contributed by atoms with Crippen LogP contribution in [0.5, 0.6) is 5.75 Å². The average Bonchev–Trinajstić information content (AvgIpc) is 2.76. The van der Waals surface area contributed by atoms with E-state index in [-0.39, 0.29) is 24.3 Å². The summed E-state index contributed by atoms with van der Waals surface area (Å²) in [6.07, 6.45) is 2.14. The standard InChI is InChI=1S/C23H27N3O4/c1-25(16-20(27)24-18-11-8-12-19(15-18)30-2)23(29)22(17-9-4-3-5-10-17)26-14-7-6-13-21(26)28/h3-5,8-12,15,22H,6-7,13-14,16H2,1-2H3,(H,24,27). The first-order chi connectivity index (χ1) is 14.5. The number of amides is 3. The molecule has 3 amide bonds. The number of carbonyl (C=O) groups is 3. The van der Waals surface area contributed by atoms with Crippen molar-refractivity contribution in [1.82, 2.24) is 9.80 Å². The van der Waals surface area contributed by atoms with E-state index in [1.165, 1.54) is 4.90 Å². The molecule has 2 aromatic rings. The second kappa shape index (κ2) is 9.91. The van der Waals surface area contributed by atoms with E-state index in [0.29, 0.717) is 24.4 Å². The maximum absolute atomic E-state index is 13.3. The van der Waals surface area contributed by atoms with Crippen molar-refractivity contribution in [3.8, 4) is 5.75 Å². The van der Waals surface area contributed by atoms with Crippen molar-refractivity contribution in [2.45, 2.75) is 25.3 Å². The number of anilines is 1. The number of piperidine rings is 1. The molecule has 1 aliphatic heterocycles. The van der Waals surface area contributed by atoms with Gasteiger partial charge in [0.25, 0.3) is 0 Å². The molecule has 1 aliphatic rings.